The van der Waals surface area contributed by atoms with Gasteiger partial charge in [0, 0.05) is 37.9 Å². The summed E-state index contributed by atoms with van der Waals surface area (Å²) in [7, 11) is 3.47. The van der Waals surface area contributed by atoms with E-state index in [2.05, 4.69) is 60.8 Å². The van der Waals surface area contributed by atoms with Gasteiger partial charge in [0.1, 0.15) is 6.54 Å². The fourth-order valence-electron chi connectivity index (χ4n) is 2.55. The number of rotatable bonds is 7. The molecule has 0 spiro atoms. The van der Waals surface area contributed by atoms with Gasteiger partial charge >= 0.3 is 0 Å². The molecule has 1 aromatic carbocycles. The molecule has 0 saturated carbocycles. The first-order valence-corrected chi connectivity index (χ1v) is 10.8. The third-order valence-electron chi connectivity index (χ3n) is 4.39. The Morgan fingerprint density at radius 1 is 1.24 bits per heavy atom. The van der Waals surface area contributed by atoms with Crippen molar-refractivity contribution in [3.05, 3.63) is 52.0 Å². The first kappa shape index (κ1) is 22.9. The molecule has 0 aliphatic heterocycles. The van der Waals surface area contributed by atoms with Gasteiger partial charge in [-0.15, -0.1) is 11.3 Å². The first-order valence-electron chi connectivity index (χ1n) is 9.91. The number of benzene rings is 1. The van der Waals surface area contributed by atoms with Crippen molar-refractivity contribution in [3.8, 4) is 0 Å². The van der Waals surface area contributed by atoms with Gasteiger partial charge < -0.3 is 15.5 Å². The van der Waals surface area contributed by atoms with E-state index < -0.39 is 0 Å². The number of likely N-dealkylation sites (N-methyl/N-ethyl adjacent to an activating group) is 1. The maximum Gasteiger partial charge on any atom is 0.243 e. The molecule has 0 aliphatic rings. The van der Waals surface area contributed by atoms with Crippen LogP contribution in [0.2, 0.25) is 0 Å². The number of aliphatic imine (C=N–C) groups is 1. The lowest BCUT2D eigenvalue weighted by atomic mass is 9.98. The van der Waals surface area contributed by atoms with Crippen LogP contribution in [0.1, 0.15) is 50.0 Å². The Morgan fingerprint density at radius 3 is 2.52 bits per heavy atom. The van der Waals surface area contributed by atoms with Crippen LogP contribution < -0.4 is 10.6 Å². The van der Waals surface area contributed by atoms with Gasteiger partial charge in [-0.2, -0.15) is 0 Å². The van der Waals surface area contributed by atoms with Gasteiger partial charge in [0.15, 0.2) is 5.96 Å². The quantitative estimate of drug-likeness (QED) is 0.537. The Morgan fingerprint density at radius 2 is 1.93 bits per heavy atom. The molecule has 2 aromatic rings. The number of carbonyl (C=O) groups excluding carboxylic acids is 1. The number of hydrogen-bond donors (Lipinski definition) is 2. The highest BCUT2D eigenvalue weighted by molar-refractivity contribution is 7.09. The number of guanidine groups is 1. The zero-order valence-electron chi connectivity index (χ0n) is 18.3. The average molecular weight is 416 g/mol. The lowest BCUT2D eigenvalue weighted by Crippen LogP contribution is -2.40. The van der Waals surface area contributed by atoms with E-state index in [-0.39, 0.29) is 23.9 Å². The highest BCUT2D eigenvalue weighted by atomic mass is 32.1. The minimum Gasteiger partial charge on any atom is -0.356 e. The molecule has 7 heteroatoms. The molecule has 0 fully saturated rings. The second-order valence-corrected chi connectivity index (χ2v) is 9.16. The minimum absolute atomic E-state index is 0.0345. The number of nitrogens with one attached hydrogen (secondary N) is 2. The molecular formula is C22H33N5OS. The van der Waals surface area contributed by atoms with E-state index in [0.717, 1.165) is 22.7 Å². The van der Waals surface area contributed by atoms with Gasteiger partial charge in [-0.25, -0.2) is 9.98 Å². The van der Waals surface area contributed by atoms with Crippen LogP contribution in [0.5, 0.6) is 0 Å². The number of hydrogen-bond acceptors (Lipinski definition) is 4. The third kappa shape index (κ3) is 7.49. The van der Waals surface area contributed by atoms with Crippen molar-refractivity contribution in [2.24, 2.45) is 4.99 Å². The Kier molecular flexibility index (Phi) is 8.20. The average Bonchev–Trinajstić information content (AvgIpc) is 3.15. The van der Waals surface area contributed by atoms with E-state index >= 15 is 0 Å². The van der Waals surface area contributed by atoms with Crippen molar-refractivity contribution in [3.63, 3.8) is 0 Å². The van der Waals surface area contributed by atoms with Crippen LogP contribution >= 0.6 is 11.3 Å². The second-order valence-electron chi connectivity index (χ2n) is 8.30. The highest BCUT2D eigenvalue weighted by Gasteiger charge is 2.18. The van der Waals surface area contributed by atoms with Crippen LogP contribution in [0.4, 0.5) is 0 Å². The lowest BCUT2D eigenvalue weighted by molar-refractivity contribution is -0.127. The molecule has 1 atom stereocenters. The molecule has 158 valence electrons. The number of thiazole rings is 1. The fourth-order valence-corrected chi connectivity index (χ4v) is 3.49. The first-order chi connectivity index (χ1) is 13.7. The van der Waals surface area contributed by atoms with E-state index in [4.69, 9.17) is 4.98 Å². The predicted octanol–water partition coefficient (Wildman–Crippen LogP) is 3.37. The maximum absolute atomic E-state index is 11.9. The highest BCUT2D eigenvalue weighted by Crippen LogP contribution is 2.25. The van der Waals surface area contributed by atoms with Gasteiger partial charge in [-0.05, 0) is 12.5 Å². The normalized spacial score (nSPS) is 13.1. The molecular weight excluding hydrogens is 382 g/mol. The van der Waals surface area contributed by atoms with E-state index in [1.54, 1.807) is 30.3 Å². The van der Waals surface area contributed by atoms with Gasteiger partial charge in [0.2, 0.25) is 5.91 Å². The van der Waals surface area contributed by atoms with Crippen molar-refractivity contribution in [1.29, 1.82) is 0 Å². The van der Waals surface area contributed by atoms with Gasteiger partial charge in [0.25, 0.3) is 0 Å². The number of aromatic nitrogens is 1. The van der Waals surface area contributed by atoms with Crippen molar-refractivity contribution in [1.82, 2.24) is 20.5 Å². The van der Waals surface area contributed by atoms with Gasteiger partial charge in [-0.3, -0.25) is 4.79 Å². The largest absolute Gasteiger partial charge is 0.356 e. The molecule has 0 radical (unpaired) electrons. The summed E-state index contributed by atoms with van der Waals surface area (Å²) in [5.74, 6) is 0.593. The van der Waals surface area contributed by atoms with Crippen LogP contribution in [0, 0.1) is 0 Å². The topological polar surface area (TPSA) is 69.6 Å². The molecule has 1 aromatic heterocycles. The summed E-state index contributed by atoms with van der Waals surface area (Å²) < 4.78 is 0. The zero-order valence-corrected chi connectivity index (χ0v) is 19.1. The predicted molar refractivity (Wildman–Crippen MR) is 122 cm³/mol. The SMILES string of the molecule is CC(NC(=NCC(=O)N(C)C)NCCc1csc(C(C)(C)C)n1)c1ccccc1. The van der Waals surface area contributed by atoms with E-state index in [9.17, 15) is 4.79 Å². The molecule has 29 heavy (non-hydrogen) atoms. The van der Waals surface area contributed by atoms with Crippen molar-refractivity contribution in [2.45, 2.75) is 45.6 Å². The maximum atomic E-state index is 11.9. The monoisotopic (exact) mass is 415 g/mol. The number of nitrogens with zero attached hydrogens (tertiary/aromatic N) is 3. The molecule has 1 amide bonds. The Hall–Kier alpha value is -2.41. The summed E-state index contributed by atoms with van der Waals surface area (Å²) in [5.41, 5.74) is 2.31. The third-order valence-corrected chi connectivity index (χ3v) is 5.71. The molecule has 1 heterocycles. The Balaban J connectivity index is 2.00. The van der Waals surface area contributed by atoms with Gasteiger partial charge in [0.05, 0.1) is 16.7 Å². The van der Waals surface area contributed by atoms with Crippen LogP contribution in [0.3, 0.4) is 0 Å². The smallest absolute Gasteiger partial charge is 0.243 e. The van der Waals surface area contributed by atoms with Crippen molar-refractivity contribution in [2.75, 3.05) is 27.2 Å². The lowest BCUT2D eigenvalue weighted by Gasteiger charge is -2.19. The fraction of sp³-hybridized carbons (Fsp3) is 0.500. The van der Waals surface area contributed by atoms with Crippen molar-refractivity contribution >= 4 is 23.2 Å². The van der Waals surface area contributed by atoms with Crippen LogP contribution in [-0.2, 0) is 16.6 Å². The molecule has 2 rings (SSSR count). The number of carbonyl (C=O) groups is 1. The molecule has 1 unspecified atom stereocenters. The number of amides is 1. The zero-order chi connectivity index (χ0) is 21.4. The summed E-state index contributed by atoms with van der Waals surface area (Å²) in [5, 5.41) is 10.0. The van der Waals surface area contributed by atoms with E-state index in [0.29, 0.717) is 12.5 Å². The summed E-state index contributed by atoms with van der Waals surface area (Å²) in [6, 6.07) is 10.3. The van der Waals surface area contributed by atoms with Crippen LogP contribution in [0.25, 0.3) is 0 Å². The van der Waals surface area contributed by atoms with Crippen LogP contribution in [0.15, 0.2) is 40.7 Å². The molecule has 2 N–H and O–H groups in total. The Labute approximate surface area is 178 Å². The molecule has 0 bridgehead atoms. The van der Waals surface area contributed by atoms with Crippen molar-refractivity contribution < 1.29 is 4.79 Å². The Bertz CT molecular complexity index is 808. The van der Waals surface area contributed by atoms with E-state index in [1.807, 2.05) is 18.2 Å². The van der Waals surface area contributed by atoms with Gasteiger partial charge in [-0.1, -0.05) is 51.1 Å². The summed E-state index contributed by atoms with van der Waals surface area (Å²) in [6.07, 6.45) is 0.800. The van der Waals surface area contributed by atoms with Crippen LogP contribution in [-0.4, -0.2) is 48.9 Å². The summed E-state index contributed by atoms with van der Waals surface area (Å²) in [4.78, 5) is 22.7. The second kappa shape index (κ2) is 10.4. The molecule has 6 nitrogen and oxygen atoms in total. The standard InChI is InChI=1S/C22H33N5OS/c1-16(17-10-8-7-9-11-17)25-21(24-14-19(28)27(5)6)23-13-12-18-15-29-20(26-18)22(2,3)4/h7-11,15-16H,12-14H2,1-6H3,(H2,23,24,25). The molecule has 0 aliphatic carbocycles. The summed E-state index contributed by atoms with van der Waals surface area (Å²) >= 11 is 1.71. The molecule has 0 saturated heterocycles. The summed E-state index contributed by atoms with van der Waals surface area (Å²) in [6.45, 7) is 9.40. The van der Waals surface area contributed by atoms with E-state index in [1.165, 1.54) is 0 Å². The minimum atomic E-state index is -0.0345.